The highest BCUT2D eigenvalue weighted by Gasteiger charge is 2.45. The van der Waals surface area contributed by atoms with Gasteiger partial charge in [0.1, 0.15) is 18.5 Å². The van der Waals surface area contributed by atoms with Gasteiger partial charge in [-0.15, -0.1) is 11.8 Å². The molecule has 19 nitrogen and oxygen atoms in total. The molecule has 0 spiro atoms. The van der Waals surface area contributed by atoms with Crippen LogP contribution in [-0.2, 0) is 33.4 Å². The van der Waals surface area contributed by atoms with Gasteiger partial charge < -0.3 is 34.2 Å². The highest BCUT2D eigenvalue weighted by molar-refractivity contribution is 7.99. The SMILES string of the molecule is O=C(/C=C/c1cccnc1)NCCCCC1CCN(C(=O)c2ccc(N3CCC(N4CCN(C(=O)COCCOCCOCCSc5cccc6c5C(=O)N(C5CCC(=O)NC5=O)C6=O)CC4)CC3)nc2)CC1. The van der Waals surface area contributed by atoms with Crippen molar-refractivity contribution in [3.05, 3.63) is 89.4 Å². The van der Waals surface area contributed by atoms with Crippen LogP contribution in [0, 0.1) is 5.92 Å². The third kappa shape index (κ3) is 14.6. The number of unbranched alkanes of at least 4 members (excludes halogenated alkanes) is 1. The zero-order valence-corrected chi connectivity index (χ0v) is 42.3. The molecule has 4 saturated heterocycles. The maximum Gasteiger partial charge on any atom is 0.263 e. The van der Waals surface area contributed by atoms with Crippen molar-refractivity contribution in [1.82, 2.24) is 40.2 Å². The van der Waals surface area contributed by atoms with E-state index >= 15 is 0 Å². The van der Waals surface area contributed by atoms with Crippen molar-refractivity contribution in [3.8, 4) is 0 Å². The molecule has 1 atom stereocenters. The van der Waals surface area contributed by atoms with Gasteiger partial charge in [-0.05, 0) is 86.4 Å². The number of piperidine rings is 3. The number of anilines is 1. The van der Waals surface area contributed by atoms with E-state index in [0.29, 0.717) is 74.2 Å². The standard InChI is InChI=1S/C53H67N9O10S/c63-46(13-9-39-6-4-19-54-35-39)55-20-2-1-5-38-15-21-61(22-16-38)51(67)40-10-12-45(56-36-40)59-23-17-41(18-24-59)58-25-27-60(28-26-58)48(65)37-72-32-31-70-29-30-71-33-34-73-44-8-3-7-42-49(44)53(69)62(52(42)68)43-11-14-47(64)57-50(43)66/h3-4,6-10,12-13,19,35-36,38,41,43H,1-2,5,11,14-18,20-34,37H2,(H,55,63)(H,57,64,66)/b13-9+. The van der Waals surface area contributed by atoms with Crippen LogP contribution in [0.15, 0.2) is 72.0 Å². The minimum absolute atomic E-state index is 0.00605. The largest absolute Gasteiger partial charge is 0.378 e. The molecule has 1 unspecified atom stereocenters. The maximum atomic E-state index is 13.4. The number of hydrogen-bond acceptors (Lipinski definition) is 15. The molecular formula is C53H67N9O10S. The Morgan fingerprint density at radius 2 is 1.53 bits per heavy atom. The molecule has 0 bridgehead atoms. The number of pyridine rings is 2. The van der Waals surface area contributed by atoms with Gasteiger partial charge in [0.25, 0.3) is 17.7 Å². The van der Waals surface area contributed by atoms with Gasteiger partial charge in [-0.25, -0.2) is 4.98 Å². The molecular weight excluding hydrogens is 955 g/mol. The summed E-state index contributed by atoms with van der Waals surface area (Å²) >= 11 is 1.39. The lowest BCUT2D eigenvalue weighted by Crippen LogP contribution is -2.55. The van der Waals surface area contributed by atoms with Crippen molar-refractivity contribution in [2.45, 2.75) is 74.8 Å². The molecule has 5 aliphatic rings. The summed E-state index contributed by atoms with van der Waals surface area (Å²) in [5, 5.41) is 5.17. The Bertz CT molecular complexity index is 2420. The monoisotopic (exact) mass is 1020 g/mol. The first-order valence-corrected chi connectivity index (χ1v) is 26.7. The molecule has 0 radical (unpaired) electrons. The molecule has 0 aliphatic carbocycles. The van der Waals surface area contributed by atoms with Crippen LogP contribution in [0.5, 0.6) is 0 Å². The predicted octanol–water partition coefficient (Wildman–Crippen LogP) is 3.69. The number of piperazine rings is 1. The number of aromatic nitrogens is 2. The third-order valence-corrected chi connectivity index (χ3v) is 15.2. The Morgan fingerprint density at radius 3 is 2.26 bits per heavy atom. The molecule has 1 aromatic carbocycles. The van der Waals surface area contributed by atoms with Crippen molar-refractivity contribution in [1.29, 1.82) is 0 Å². The number of nitrogens with one attached hydrogen (secondary N) is 2. The topological polar surface area (TPSA) is 213 Å². The summed E-state index contributed by atoms with van der Waals surface area (Å²) in [6, 6.07) is 12.1. The number of fused-ring (bicyclic) bond motifs is 1. The number of thioether (sulfide) groups is 1. The van der Waals surface area contributed by atoms with Crippen LogP contribution in [0.25, 0.3) is 6.08 Å². The van der Waals surface area contributed by atoms with Crippen LogP contribution in [0.3, 0.4) is 0 Å². The van der Waals surface area contributed by atoms with Crippen molar-refractivity contribution in [2.24, 2.45) is 5.92 Å². The van der Waals surface area contributed by atoms with Crippen molar-refractivity contribution >= 4 is 65.0 Å². The number of imide groups is 2. The van der Waals surface area contributed by atoms with Gasteiger partial charge in [0, 0.05) is 107 Å². The summed E-state index contributed by atoms with van der Waals surface area (Å²) in [5.74, 6) is -0.190. The quantitative estimate of drug-likeness (QED) is 0.0600. The van der Waals surface area contributed by atoms with Gasteiger partial charge in [-0.3, -0.25) is 53.7 Å². The second-order valence-corrected chi connectivity index (χ2v) is 20.1. The fourth-order valence-corrected chi connectivity index (χ4v) is 11.0. The van der Waals surface area contributed by atoms with Crippen LogP contribution in [0.4, 0.5) is 5.82 Å². The molecule has 4 fully saturated rings. The zero-order chi connectivity index (χ0) is 50.9. The number of likely N-dealkylation sites (tertiary alicyclic amines) is 1. The van der Waals surface area contributed by atoms with E-state index in [2.05, 4.69) is 25.4 Å². The summed E-state index contributed by atoms with van der Waals surface area (Å²) < 4.78 is 17.0. The fraction of sp³-hybridized carbons (Fsp3) is 0.528. The average molecular weight is 1020 g/mol. The Balaban J connectivity index is 0.622. The Labute approximate surface area is 430 Å². The number of nitrogens with zero attached hydrogens (tertiary/aromatic N) is 7. The third-order valence-electron chi connectivity index (χ3n) is 14.2. The number of rotatable bonds is 23. The lowest BCUT2D eigenvalue weighted by molar-refractivity contribution is -0.139. The summed E-state index contributed by atoms with van der Waals surface area (Å²) in [6.07, 6.45) is 15.7. The average Bonchev–Trinajstić information content (AvgIpc) is 3.68. The number of carbonyl (C=O) groups excluding carboxylic acids is 7. The summed E-state index contributed by atoms with van der Waals surface area (Å²) in [7, 11) is 0. The number of carbonyl (C=O) groups is 7. The van der Waals surface area contributed by atoms with Crippen molar-refractivity contribution in [2.75, 3.05) is 109 Å². The lowest BCUT2D eigenvalue weighted by Gasteiger charge is -2.43. The van der Waals surface area contributed by atoms with E-state index in [1.54, 1.807) is 48.9 Å². The number of ether oxygens (including phenoxy) is 3. The Hall–Kier alpha value is -6.06. The number of hydrogen-bond donors (Lipinski definition) is 2. The van der Waals surface area contributed by atoms with E-state index in [4.69, 9.17) is 19.2 Å². The van der Waals surface area contributed by atoms with Crippen LogP contribution < -0.4 is 15.5 Å². The molecule has 73 heavy (non-hydrogen) atoms. The molecule has 3 aromatic rings. The molecule has 7 amide bonds. The molecule has 7 heterocycles. The van der Waals surface area contributed by atoms with E-state index in [0.717, 1.165) is 100 Å². The fourth-order valence-electron chi connectivity index (χ4n) is 10.1. The smallest absolute Gasteiger partial charge is 0.263 e. The van der Waals surface area contributed by atoms with E-state index in [9.17, 15) is 33.6 Å². The van der Waals surface area contributed by atoms with Gasteiger partial charge in [0.2, 0.25) is 23.6 Å². The summed E-state index contributed by atoms with van der Waals surface area (Å²) in [6.45, 7) is 8.60. The molecule has 20 heteroatoms. The molecule has 2 aromatic heterocycles. The Kier molecular flexibility index (Phi) is 19.5. The number of amides is 7. The molecule has 5 aliphatic heterocycles. The van der Waals surface area contributed by atoms with Crippen molar-refractivity contribution < 1.29 is 47.8 Å². The molecule has 390 valence electrons. The van der Waals surface area contributed by atoms with Crippen molar-refractivity contribution in [3.63, 3.8) is 0 Å². The first kappa shape index (κ1) is 53.2. The van der Waals surface area contributed by atoms with Crippen LogP contribution >= 0.6 is 11.8 Å². The maximum absolute atomic E-state index is 13.4. The normalized spacial score (nSPS) is 19.2. The van der Waals surface area contributed by atoms with E-state index in [1.807, 2.05) is 34.1 Å². The predicted molar refractivity (Wildman–Crippen MR) is 273 cm³/mol. The van der Waals surface area contributed by atoms with Gasteiger partial charge in [-0.2, -0.15) is 0 Å². The van der Waals surface area contributed by atoms with E-state index in [-0.39, 0.29) is 54.9 Å². The van der Waals surface area contributed by atoms with Gasteiger partial charge in [-0.1, -0.05) is 25.0 Å². The van der Waals surface area contributed by atoms with Crippen LogP contribution in [0.1, 0.15) is 94.4 Å². The van der Waals surface area contributed by atoms with Gasteiger partial charge in [0.15, 0.2) is 0 Å². The number of benzene rings is 1. The lowest BCUT2D eigenvalue weighted by atomic mass is 9.91. The van der Waals surface area contributed by atoms with Gasteiger partial charge in [0.05, 0.1) is 49.7 Å². The Morgan fingerprint density at radius 1 is 0.767 bits per heavy atom. The summed E-state index contributed by atoms with van der Waals surface area (Å²) in [4.78, 5) is 108. The van der Waals surface area contributed by atoms with Gasteiger partial charge >= 0.3 is 0 Å². The molecule has 8 rings (SSSR count). The minimum Gasteiger partial charge on any atom is -0.378 e. The second-order valence-electron chi connectivity index (χ2n) is 18.9. The van der Waals surface area contributed by atoms with E-state index in [1.165, 1.54) is 11.8 Å². The van der Waals surface area contributed by atoms with Crippen LogP contribution in [0.2, 0.25) is 0 Å². The van der Waals surface area contributed by atoms with E-state index < -0.39 is 29.7 Å². The zero-order valence-electron chi connectivity index (χ0n) is 41.5. The molecule has 0 saturated carbocycles. The minimum atomic E-state index is -1.01. The molecule has 2 N–H and O–H groups in total. The second kappa shape index (κ2) is 26.8. The first-order chi connectivity index (χ1) is 35.6. The van der Waals surface area contributed by atoms with Crippen LogP contribution in [-0.4, -0.2) is 187 Å². The highest BCUT2D eigenvalue weighted by Crippen LogP contribution is 2.34. The summed E-state index contributed by atoms with van der Waals surface area (Å²) in [5.41, 5.74) is 2.04. The highest BCUT2D eigenvalue weighted by atomic mass is 32.2. The first-order valence-electron chi connectivity index (χ1n) is 25.7.